The lowest BCUT2D eigenvalue weighted by atomic mass is 9.84. The maximum absolute atomic E-state index is 13.0. The van der Waals surface area contributed by atoms with Crippen molar-refractivity contribution in [3.8, 4) is 0 Å². The number of anilines is 1. The van der Waals surface area contributed by atoms with Crippen molar-refractivity contribution < 1.29 is 14.3 Å². The second-order valence-electron chi connectivity index (χ2n) is 7.97. The van der Waals surface area contributed by atoms with Gasteiger partial charge in [-0.05, 0) is 50.9 Å². The van der Waals surface area contributed by atoms with Gasteiger partial charge in [0.25, 0.3) is 0 Å². The molecule has 1 aliphatic carbocycles. The molecule has 1 saturated carbocycles. The minimum absolute atomic E-state index is 0.0538. The highest BCUT2D eigenvalue weighted by Gasteiger charge is 2.28. The first kappa shape index (κ1) is 24.0. The molecule has 0 saturated heterocycles. The van der Waals surface area contributed by atoms with Crippen molar-refractivity contribution in [2.45, 2.75) is 76.5 Å². The maximum Gasteiger partial charge on any atom is 0.323 e. The van der Waals surface area contributed by atoms with Gasteiger partial charge >= 0.3 is 12.0 Å². The number of rotatable bonds is 10. The molecule has 2 amide bonds. The number of aromatic nitrogens is 1. The molecule has 0 aliphatic heterocycles. The van der Waals surface area contributed by atoms with Gasteiger partial charge in [-0.25, -0.2) is 9.78 Å². The number of hydrogen-bond donors (Lipinski definition) is 1. The molecule has 1 N–H and O–H groups in total. The van der Waals surface area contributed by atoms with Crippen LogP contribution in [-0.2, 0) is 9.53 Å². The number of ether oxygens (including phenoxy) is 1. The summed E-state index contributed by atoms with van der Waals surface area (Å²) in [6.07, 6.45) is 8.52. The van der Waals surface area contributed by atoms with Crippen molar-refractivity contribution in [1.82, 2.24) is 9.88 Å². The Labute approximate surface area is 183 Å². The van der Waals surface area contributed by atoms with Crippen molar-refractivity contribution in [3.05, 3.63) is 6.20 Å². The van der Waals surface area contributed by atoms with E-state index in [4.69, 9.17) is 4.74 Å². The lowest BCUT2D eigenvalue weighted by Crippen LogP contribution is -2.45. The van der Waals surface area contributed by atoms with E-state index in [1.807, 2.05) is 4.90 Å². The summed E-state index contributed by atoms with van der Waals surface area (Å²) in [4.78, 5) is 30.9. The van der Waals surface area contributed by atoms with E-state index >= 15 is 0 Å². The minimum atomic E-state index is -0.237. The number of carbonyl (C=O) groups excluding carboxylic acids is 2. The number of amides is 2. The number of thiazole rings is 1. The van der Waals surface area contributed by atoms with Gasteiger partial charge in [-0.2, -0.15) is 0 Å². The van der Waals surface area contributed by atoms with Crippen molar-refractivity contribution in [2.24, 2.45) is 11.8 Å². The van der Waals surface area contributed by atoms with Crippen LogP contribution in [-0.4, -0.2) is 46.8 Å². The highest BCUT2D eigenvalue weighted by Crippen LogP contribution is 2.31. The van der Waals surface area contributed by atoms with Crippen LogP contribution in [0.2, 0.25) is 0 Å². The number of nitrogens with zero attached hydrogens (tertiary/aromatic N) is 2. The Morgan fingerprint density at radius 1 is 1.31 bits per heavy atom. The molecule has 1 aliphatic rings. The molecular weight excluding hydrogens is 406 g/mol. The van der Waals surface area contributed by atoms with Crippen molar-refractivity contribution in [3.63, 3.8) is 0 Å². The second-order valence-corrected chi connectivity index (χ2v) is 10.3. The molecule has 1 aromatic rings. The van der Waals surface area contributed by atoms with Crippen LogP contribution >= 0.6 is 23.1 Å². The molecule has 6 nitrogen and oxygen atoms in total. The lowest BCUT2D eigenvalue weighted by molar-refractivity contribution is -0.139. The number of hydrogen-bond acceptors (Lipinski definition) is 6. The summed E-state index contributed by atoms with van der Waals surface area (Å²) in [7, 11) is 0. The van der Waals surface area contributed by atoms with Gasteiger partial charge in [0, 0.05) is 12.6 Å². The zero-order valence-corrected chi connectivity index (χ0v) is 19.7. The summed E-state index contributed by atoms with van der Waals surface area (Å²) in [6.45, 7) is 9.60. The third-order valence-electron chi connectivity index (χ3n) is 5.38. The second kappa shape index (κ2) is 12.4. The summed E-state index contributed by atoms with van der Waals surface area (Å²) >= 11 is 2.79. The Balaban J connectivity index is 1.93. The van der Waals surface area contributed by atoms with Crippen LogP contribution in [0.3, 0.4) is 0 Å². The van der Waals surface area contributed by atoms with Crippen molar-refractivity contribution in [2.75, 3.05) is 24.2 Å². The number of urea groups is 1. The fourth-order valence-corrected chi connectivity index (χ4v) is 5.25. The Morgan fingerprint density at radius 3 is 2.66 bits per heavy atom. The summed E-state index contributed by atoms with van der Waals surface area (Å²) in [6, 6.07) is 0.260. The van der Waals surface area contributed by atoms with Crippen LogP contribution < -0.4 is 5.32 Å². The normalized spacial score (nSPS) is 19.2. The number of thioether (sulfide) groups is 1. The molecule has 8 heteroatoms. The smallest absolute Gasteiger partial charge is 0.323 e. The molecule has 0 aromatic carbocycles. The van der Waals surface area contributed by atoms with E-state index in [2.05, 4.69) is 31.1 Å². The van der Waals surface area contributed by atoms with Gasteiger partial charge in [-0.3, -0.25) is 10.1 Å². The fraction of sp³-hybridized carbons (Fsp3) is 0.762. The van der Waals surface area contributed by atoms with Crippen LogP contribution in [0.1, 0.15) is 66.2 Å². The van der Waals surface area contributed by atoms with E-state index in [-0.39, 0.29) is 17.8 Å². The minimum Gasteiger partial charge on any atom is -0.465 e. The summed E-state index contributed by atoms with van der Waals surface area (Å²) in [5.74, 6) is 1.38. The maximum atomic E-state index is 13.0. The van der Waals surface area contributed by atoms with E-state index in [1.54, 1.807) is 13.1 Å². The van der Waals surface area contributed by atoms with Crippen LogP contribution in [0.4, 0.5) is 9.93 Å². The molecule has 0 atom stereocenters. The topological polar surface area (TPSA) is 71.5 Å². The molecule has 0 spiro atoms. The Bertz CT molecular complexity index is 643. The molecular formula is C21H35N3O3S2. The number of nitrogens with one attached hydrogen (secondary N) is 1. The van der Waals surface area contributed by atoms with Gasteiger partial charge in [0.2, 0.25) is 0 Å². The van der Waals surface area contributed by atoms with E-state index in [0.717, 1.165) is 35.9 Å². The lowest BCUT2D eigenvalue weighted by Gasteiger charge is -2.37. The molecule has 2 rings (SSSR count). The summed E-state index contributed by atoms with van der Waals surface area (Å²) < 4.78 is 5.84. The average Bonchev–Trinajstić information content (AvgIpc) is 3.14. The van der Waals surface area contributed by atoms with Crippen molar-refractivity contribution >= 4 is 40.2 Å². The predicted octanol–water partition coefficient (Wildman–Crippen LogP) is 5.65. The summed E-state index contributed by atoms with van der Waals surface area (Å²) in [5, 5.41) is 3.57. The SMILES string of the molecule is CCOC(=O)CSc1cnc(NC(=O)N(CCC(C)C)C2CCC(CC)CC2)s1. The Hall–Kier alpha value is -1.28. The van der Waals surface area contributed by atoms with E-state index < -0.39 is 0 Å². The molecule has 1 fully saturated rings. The van der Waals surface area contributed by atoms with Crippen molar-refractivity contribution in [1.29, 1.82) is 0 Å². The van der Waals surface area contributed by atoms with Gasteiger partial charge in [0.05, 0.1) is 22.8 Å². The van der Waals surface area contributed by atoms with Gasteiger partial charge in [-0.1, -0.05) is 38.5 Å². The molecule has 29 heavy (non-hydrogen) atoms. The first-order valence-corrected chi connectivity index (χ1v) is 12.5. The monoisotopic (exact) mass is 441 g/mol. The van der Waals surface area contributed by atoms with Crippen LogP contribution in [0.25, 0.3) is 0 Å². The molecule has 0 unspecified atom stereocenters. The zero-order chi connectivity index (χ0) is 21.2. The zero-order valence-electron chi connectivity index (χ0n) is 18.1. The third-order valence-corrected chi connectivity index (χ3v) is 7.46. The number of carbonyl (C=O) groups is 2. The fourth-order valence-electron chi connectivity index (χ4n) is 3.59. The highest BCUT2D eigenvalue weighted by molar-refractivity contribution is 8.01. The van der Waals surface area contributed by atoms with E-state index in [9.17, 15) is 9.59 Å². The van der Waals surface area contributed by atoms with E-state index in [0.29, 0.717) is 23.7 Å². The molecule has 1 heterocycles. The largest absolute Gasteiger partial charge is 0.465 e. The highest BCUT2D eigenvalue weighted by atomic mass is 32.2. The van der Waals surface area contributed by atoms with Crippen LogP contribution in [0.5, 0.6) is 0 Å². The molecule has 0 radical (unpaired) electrons. The van der Waals surface area contributed by atoms with Gasteiger partial charge in [0.1, 0.15) is 0 Å². The van der Waals surface area contributed by atoms with Crippen LogP contribution in [0.15, 0.2) is 10.4 Å². The van der Waals surface area contributed by atoms with Gasteiger partial charge in [0.15, 0.2) is 5.13 Å². The first-order chi connectivity index (χ1) is 13.9. The quantitative estimate of drug-likeness (QED) is 0.375. The molecule has 1 aromatic heterocycles. The summed E-state index contributed by atoms with van der Waals surface area (Å²) in [5.41, 5.74) is 0. The molecule has 164 valence electrons. The standard InChI is InChI=1S/C21H35N3O3S2/c1-5-16-7-9-17(10-8-16)24(12-11-15(3)4)21(26)23-20-22-13-19(29-20)28-14-18(25)27-6-2/h13,15-17H,5-12,14H2,1-4H3,(H,22,23,26). The van der Waals surface area contributed by atoms with Crippen LogP contribution in [0, 0.1) is 11.8 Å². The van der Waals surface area contributed by atoms with Gasteiger partial charge in [-0.15, -0.1) is 11.8 Å². The Kier molecular flexibility index (Phi) is 10.3. The van der Waals surface area contributed by atoms with E-state index in [1.165, 1.54) is 42.4 Å². The van der Waals surface area contributed by atoms with Gasteiger partial charge < -0.3 is 9.64 Å². The molecule has 0 bridgehead atoms. The Morgan fingerprint density at radius 2 is 2.03 bits per heavy atom. The average molecular weight is 442 g/mol. The third kappa shape index (κ3) is 8.16. The first-order valence-electron chi connectivity index (χ1n) is 10.7. The predicted molar refractivity (Wildman–Crippen MR) is 121 cm³/mol. The number of esters is 1.